The van der Waals surface area contributed by atoms with Crippen molar-refractivity contribution in [1.82, 2.24) is 0 Å². The van der Waals surface area contributed by atoms with Crippen LogP contribution in [0.3, 0.4) is 0 Å². The number of benzene rings is 2. The molecule has 0 aliphatic heterocycles. The molecule has 2 unspecified atom stereocenters. The Bertz CT molecular complexity index is 817. The number of Topliss-reactive ketones (excluding diaryl/α,β-unsaturated/α-hetero) is 2. The lowest BCUT2D eigenvalue weighted by atomic mass is 9.72. The largest absolute Gasteiger partial charge is 0.479 e. The molecule has 8 nitrogen and oxygen atoms in total. The highest BCUT2D eigenvalue weighted by molar-refractivity contribution is 6.28. The van der Waals surface area contributed by atoms with Gasteiger partial charge in [0, 0.05) is 25.3 Å². The number of carboxylic acids is 2. The van der Waals surface area contributed by atoms with Crippen LogP contribution in [0.25, 0.3) is 0 Å². The van der Waals surface area contributed by atoms with Crippen molar-refractivity contribution in [2.45, 2.75) is 11.2 Å². The van der Waals surface area contributed by atoms with Gasteiger partial charge < -0.3 is 19.7 Å². The van der Waals surface area contributed by atoms with Crippen LogP contribution in [0.2, 0.25) is 0 Å². The summed E-state index contributed by atoms with van der Waals surface area (Å²) in [5, 5.41) is 19.9. The number of carboxylic acid groups (broad SMARTS) is 2. The van der Waals surface area contributed by atoms with Crippen molar-refractivity contribution in [2.75, 3.05) is 14.2 Å². The summed E-state index contributed by atoms with van der Waals surface area (Å²) in [6.07, 6.45) is 0. The SMILES string of the molecule is COC(C(=O)O)(C(=O)c1ccccc1)C(OC)(C(=O)O)C(=O)c1ccccc1. The third kappa shape index (κ3) is 2.98. The van der Waals surface area contributed by atoms with Crippen molar-refractivity contribution < 1.29 is 38.9 Å². The topological polar surface area (TPSA) is 127 Å². The Morgan fingerprint density at radius 1 is 0.643 bits per heavy atom. The molecular weight excluding hydrogens is 368 g/mol. The van der Waals surface area contributed by atoms with E-state index in [4.69, 9.17) is 9.47 Å². The second-order valence-electron chi connectivity index (χ2n) is 5.77. The van der Waals surface area contributed by atoms with Gasteiger partial charge in [0.05, 0.1) is 0 Å². The fourth-order valence-corrected chi connectivity index (χ4v) is 3.05. The minimum atomic E-state index is -3.18. The van der Waals surface area contributed by atoms with E-state index in [1.54, 1.807) is 12.1 Å². The lowest BCUT2D eigenvalue weighted by molar-refractivity contribution is -0.196. The maximum Gasteiger partial charge on any atom is 0.348 e. The summed E-state index contributed by atoms with van der Waals surface area (Å²) in [5.74, 6) is -6.43. The smallest absolute Gasteiger partial charge is 0.348 e. The highest BCUT2D eigenvalue weighted by atomic mass is 16.6. The van der Waals surface area contributed by atoms with E-state index < -0.39 is 34.7 Å². The minimum absolute atomic E-state index is 0.157. The van der Waals surface area contributed by atoms with Crippen molar-refractivity contribution in [2.24, 2.45) is 0 Å². The number of hydrogen-bond acceptors (Lipinski definition) is 6. The normalized spacial score (nSPS) is 15.1. The zero-order valence-electron chi connectivity index (χ0n) is 15.1. The van der Waals surface area contributed by atoms with Gasteiger partial charge in [-0.05, 0) is 0 Å². The summed E-state index contributed by atoms with van der Waals surface area (Å²) in [7, 11) is 1.67. The number of carbonyl (C=O) groups excluding carboxylic acids is 2. The Kier molecular flexibility index (Phi) is 6.07. The number of rotatable bonds is 9. The average molecular weight is 386 g/mol. The van der Waals surface area contributed by atoms with Crippen LogP contribution in [0, 0.1) is 0 Å². The standard InChI is InChI=1S/C20H18O8/c1-27-19(17(23)24,15(21)13-9-5-3-6-10-13)20(28-2,18(25)26)16(22)14-11-7-4-8-12-14/h3-12H,1-2H3,(H,23,24)(H,25,26). The summed E-state index contributed by atoms with van der Waals surface area (Å²) in [6.45, 7) is 0. The maximum absolute atomic E-state index is 13.2. The molecule has 0 aromatic heterocycles. The molecule has 2 rings (SSSR count). The fourth-order valence-electron chi connectivity index (χ4n) is 3.05. The molecule has 0 fully saturated rings. The van der Waals surface area contributed by atoms with Crippen LogP contribution in [-0.4, -0.2) is 59.1 Å². The van der Waals surface area contributed by atoms with Gasteiger partial charge in [-0.25, -0.2) is 9.59 Å². The lowest BCUT2D eigenvalue weighted by Crippen LogP contribution is -2.73. The molecule has 0 amide bonds. The van der Waals surface area contributed by atoms with Gasteiger partial charge in [0.1, 0.15) is 0 Å². The van der Waals surface area contributed by atoms with Gasteiger partial charge in [0.15, 0.2) is 0 Å². The highest BCUT2D eigenvalue weighted by Crippen LogP contribution is 2.37. The first-order chi connectivity index (χ1) is 13.3. The van der Waals surface area contributed by atoms with Crippen LogP contribution in [-0.2, 0) is 19.1 Å². The van der Waals surface area contributed by atoms with Crippen molar-refractivity contribution >= 4 is 23.5 Å². The monoisotopic (exact) mass is 386 g/mol. The first kappa shape index (κ1) is 20.9. The second kappa shape index (κ2) is 8.12. The van der Waals surface area contributed by atoms with Gasteiger partial charge in [-0.1, -0.05) is 60.7 Å². The predicted molar refractivity (Wildman–Crippen MR) is 96.3 cm³/mol. The maximum atomic E-state index is 13.2. The zero-order valence-corrected chi connectivity index (χ0v) is 15.1. The number of methoxy groups -OCH3 is 2. The Hall–Kier alpha value is -3.36. The summed E-state index contributed by atoms with van der Waals surface area (Å²) in [6, 6.07) is 14.2. The molecule has 0 spiro atoms. The molecule has 146 valence electrons. The molecule has 0 aliphatic carbocycles. The molecule has 2 N–H and O–H groups in total. The Labute approximate surface area is 160 Å². The summed E-state index contributed by atoms with van der Waals surface area (Å²) in [4.78, 5) is 50.9. The highest BCUT2D eigenvalue weighted by Gasteiger charge is 2.72. The van der Waals surface area contributed by atoms with Gasteiger partial charge >= 0.3 is 11.9 Å². The fraction of sp³-hybridized carbons (Fsp3) is 0.200. The molecule has 0 saturated heterocycles. The van der Waals surface area contributed by atoms with E-state index in [9.17, 15) is 29.4 Å². The van der Waals surface area contributed by atoms with E-state index in [1.165, 1.54) is 48.5 Å². The molecule has 8 heteroatoms. The van der Waals surface area contributed by atoms with Crippen LogP contribution in [0.4, 0.5) is 0 Å². The summed E-state index contributed by atoms with van der Waals surface area (Å²) >= 11 is 0. The third-order valence-electron chi connectivity index (χ3n) is 4.42. The van der Waals surface area contributed by atoms with Crippen LogP contribution < -0.4 is 0 Å². The van der Waals surface area contributed by atoms with E-state index in [1.807, 2.05) is 0 Å². The molecule has 28 heavy (non-hydrogen) atoms. The summed E-state index contributed by atoms with van der Waals surface area (Å²) < 4.78 is 10.0. The van der Waals surface area contributed by atoms with Gasteiger partial charge in [-0.2, -0.15) is 0 Å². The van der Waals surface area contributed by atoms with Crippen LogP contribution >= 0.6 is 0 Å². The molecule has 2 atom stereocenters. The molecule has 0 heterocycles. The van der Waals surface area contributed by atoms with Crippen molar-refractivity contribution in [1.29, 1.82) is 0 Å². The number of aliphatic carboxylic acids is 2. The Morgan fingerprint density at radius 2 is 0.929 bits per heavy atom. The molecule has 0 saturated carbocycles. The van der Waals surface area contributed by atoms with Crippen molar-refractivity contribution in [3.05, 3.63) is 71.8 Å². The third-order valence-corrected chi connectivity index (χ3v) is 4.42. The van der Waals surface area contributed by atoms with Gasteiger partial charge in [-0.15, -0.1) is 0 Å². The Morgan fingerprint density at radius 3 is 1.14 bits per heavy atom. The molecule has 0 radical (unpaired) electrons. The van der Waals surface area contributed by atoms with Crippen LogP contribution in [0.5, 0.6) is 0 Å². The molecule has 0 bridgehead atoms. The van der Waals surface area contributed by atoms with E-state index in [-0.39, 0.29) is 11.1 Å². The second-order valence-corrected chi connectivity index (χ2v) is 5.77. The lowest BCUT2D eigenvalue weighted by Gasteiger charge is -2.40. The number of carbonyl (C=O) groups is 4. The number of hydrogen-bond donors (Lipinski definition) is 2. The van der Waals surface area contributed by atoms with E-state index in [0.29, 0.717) is 0 Å². The van der Waals surface area contributed by atoms with E-state index in [2.05, 4.69) is 0 Å². The minimum Gasteiger partial charge on any atom is -0.479 e. The van der Waals surface area contributed by atoms with Gasteiger partial charge in [-0.3, -0.25) is 9.59 Å². The molecule has 2 aromatic carbocycles. The summed E-state index contributed by atoms with van der Waals surface area (Å²) in [5.41, 5.74) is -6.67. The average Bonchev–Trinajstić information content (AvgIpc) is 2.72. The molecule has 0 aliphatic rings. The first-order valence-corrected chi connectivity index (χ1v) is 8.06. The zero-order chi connectivity index (χ0) is 20.9. The molecule has 2 aromatic rings. The van der Waals surface area contributed by atoms with E-state index >= 15 is 0 Å². The number of ether oxygens (including phenoxy) is 2. The Balaban J connectivity index is 2.85. The van der Waals surface area contributed by atoms with Gasteiger partial charge in [0.25, 0.3) is 11.2 Å². The number of ketones is 2. The van der Waals surface area contributed by atoms with Crippen LogP contribution in [0.1, 0.15) is 20.7 Å². The van der Waals surface area contributed by atoms with Crippen molar-refractivity contribution in [3.8, 4) is 0 Å². The van der Waals surface area contributed by atoms with Gasteiger partial charge in [0.2, 0.25) is 11.6 Å². The first-order valence-electron chi connectivity index (χ1n) is 8.06. The van der Waals surface area contributed by atoms with Crippen molar-refractivity contribution in [3.63, 3.8) is 0 Å². The molecular formula is C20H18O8. The van der Waals surface area contributed by atoms with Crippen LogP contribution in [0.15, 0.2) is 60.7 Å². The predicted octanol–water partition coefficient (Wildman–Crippen LogP) is 1.69. The quantitative estimate of drug-likeness (QED) is 0.492. The van der Waals surface area contributed by atoms with E-state index in [0.717, 1.165) is 14.2 Å².